The standard InChI is InChI=1S/C32H42FNO3/c1-2-3-4-5-6-7-8-10-25-12-14-26(15-13-25)11-9-22-36-29-19-16-27(17-20-29)32(35)37-30-21-18-28(24-34)31(33)23-30/h16-21,23,25-26H,2-15,22H2,1H3. The van der Waals surface area contributed by atoms with Crippen LogP contribution in [0.3, 0.4) is 0 Å². The summed E-state index contributed by atoms with van der Waals surface area (Å²) in [5, 5.41) is 8.80. The molecule has 0 aliphatic heterocycles. The Balaban J connectivity index is 1.26. The first-order chi connectivity index (χ1) is 18.1. The van der Waals surface area contributed by atoms with Crippen LogP contribution in [0.25, 0.3) is 0 Å². The molecule has 1 saturated carbocycles. The Morgan fingerprint density at radius 1 is 0.865 bits per heavy atom. The molecule has 2 aromatic rings. The van der Waals surface area contributed by atoms with Gasteiger partial charge in [0.1, 0.15) is 23.4 Å². The van der Waals surface area contributed by atoms with E-state index in [2.05, 4.69) is 6.92 Å². The Kier molecular flexibility index (Phi) is 12.5. The molecule has 0 bridgehead atoms. The van der Waals surface area contributed by atoms with Crippen LogP contribution >= 0.6 is 0 Å². The first kappa shape index (κ1) is 28.7. The van der Waals surface area contributed by atoms with E-state index in [-0.39, 0.29) is 11.3 Å². The third kappa shape index (κ3) is 10.2. The van der Waals surface area contributed by atoms with E-state index in [9.17, 15) is 9.18 Å². The molecule has 0 aromatic heterocycles. The number of carbonyl (C=O) groups is 1. The van der Waals surface area contributed by atoms with Gasteiger partial charge in [0.15, 0.2) is 0 Å². The quantitative estimate of drug-likeness (QED) is 0.137. The Hall–Kier alpha value is -2.87. The lowest BCUT2D eigenvalue weighted by Crippen LogP contribution is -2.15. The van der Waals surface area contributed by atoms with Crippen molar-refractivity contribution in [2.75, 3.05) is 6.61 Å². The Bertz CT molecular complexity index is 990. The molecular formula is C32H42FNO3. The number of carbonyl (C=O) groups excluding carboxylic acids is 1. The smallest absolute Gasteiger partial charge is 0.343 e. The Labute approximate surface area is 222 Å². The number of rotatable bonds is 15. The minimum absolute atomic E-state index is 0.0636. The van der Waals surface area contributed by atoms with Crippen LogP contribution in [0.1, 0.15) is 113 Å². The molecule has 0 saturated heterocycles. The van der Waals surface area contributed by atoms with Gasteiger partial charge in [-0.1, -0.05) is 84.0 Å². The molecule has 3 rings (SSSR count). The summed E-state index contributed by atoms with van der Waals surface area (Å²) in [7, 11) is 0. The Morgan fingerprint density at radius 3 is 2.08 bits per heavy atom. The van der Waals surface area contributed by atoms with Crippen molar-refractivity contribution >= 4 is 5.97 Å². The average Bonchev–Trinajstić information content (AvgIpc) is 2.92. The van der Waals surface area contributed by atoms with E-state index in [1.165, 1.54) is 95.6 Å². The first-order valence-corrected chi connectivity index (χ1v) is 14.2. The monoisotopic (exact) mass is 507 g/mol. The van der Waals surface area contributed by atoms with Crippen molar-refractivity contribution < 1.29 is 18.7 Å². The van der Waals surface area contributed by atoms with Crippen molar-refractivity contribution in [1.29, 1.82) is 5.26 Å². The minimum Gasteiger partial charge on any atom is -0.494 e. The zero-order valence-electron chi connectivity index (χ0n) is 22.4. The van der Waals surface area contributed by atoms with Crippen LogP contribution in [0.5, 0.6) is 11.5 Å². The number of ether oxygens (including phenoxy) is 2. The number of halogens is 1. The summed E-state index contributed by atoms with van der Waals surface area (Å²) in [4.78, 5) is 12.3. The van der Waals surface area contributed by atoms with Crippen LogP contribution < -0.4 is 9.47 Å². The van der Waals surface area contributed by atoms with Crippen LogP contribution in [0.2, 0.25) is 0 Å². The van der Waals surface area contributed by atoms with E-state index >= 15 is 0 Å². The highest BCUT2D eigenvalue weighted by atomic mass is 19.1. The van der Waals surface area contributed by atoms with E-state index < -0.39 is 11.8 Å². The summed E-state index contributed by atoms with van der Waals surface area (Å²) in [6, 6.07) is 12.3. The fourth-order valence-electron chi connectivity index (χ4n) is 5.26. The lowest BCUT2D eigenvalue weighted by Gasteiger charge is -2.28. The van der Waals surface area contributed by atoms with Gasteiger partial charge in [-0.2, -0.15) is 5.26 Å². The molecule has 1 fully saturated rings. The summed E-state index contributed by atoms with van der Waals surface area (Å²) in [5.74, 6) is 1.27. The lowest BCUT2D eigenvalue weighted by atomic mass is 9.78. The maximum absolute atomic E-state index is 13.7. The Morgan fingerprint density at radius 2 is 1.46 bits per heavy atom. The van der Waals surface area contributed by atoms with Crippen LogP contribution in [0.15, 0.2) is 42.5 Å². The molecule has 0 atom stereocenters. The third-order valence-electron chi connectivity index (χ3n) is 7.57. The molecule has 200 valence electrons. The second-order valence-corrected chi connectivity index (χ2v) is 10.5. The second-order valence-electron chi connectivity index (χ2n) is 10.5. The molecule has 0 amide bonds. The zero-order valence-corrected chi connectivity index (χ0v) is 22.4. The number of esters is 1. The highest BCUT2D eigenvalue weighted by Gasteiger charge is 2.20. The van der Waals surface area contributed by atoms with E-state index in [1.807, 2.05) is 0 Å². The van der Waals surface area contributed by atoms with E-state index in [0.29, 0.717) is 12.2 Å². The summed E-state index contributed by atoms with van der Waals surface area (Å²) >= 11 is 0. The molecule has 0 heterocycles. The summed E-state index contributed by atoms with van der Waals surface area (Å²) < 4.78 is 24.8. The normalized spacial score (nSPS) is 17.2. The van der Waals surface area contributed by atoms with Crippen molar-refractivity contribution in [2.24, 2.45) is 11.8 Å². The molecule has 0 radical (unpaired) electrons. The number of nitriles is 1. The largest absolute Gasteiger partial charge is 0.494 e. The lowest BCUT2D eigenvalue weighted by molar-refractivity contribution is 0.0734. The summed E-state index contributed by atoms with van der Waals surface area (Å²) in [5.41, 5.74) is 0.262. The molecule has 5 heteroatoms. The van der Waals surface area contributed by atoms with Gasteiger partial charge in [-0.15, -0.1) is 0 Å². The van der Waals surface area contributed by atoms with Gasteiger partial charge >= 0.3 is 5.97 Å². The fourth-order valence-corrected chi connectivity index (χ4v) is 5.26. The molecule has 0 spiro atoms. The number of unbranched alkanes of at least 4 members (excludes halogenated alkanes) is 6. The van der Waals surface area contributed by atoms with Gasteiger partial charge in [-0.25, -0.2) is 9.18 Å². The molecule has 2 aromatic carbocycles. The van der Waals surface area contributed by atoms with Gasteiger partial charge in [-0.3, -0.25) is 0 Å². The van der Waals surface area contributed by atoms with Gasteiger partial charge < -0.3 is 9.47 Å². The molecule has 37 heavy (non-hydrogen) atoms. The number of hydrogen-bond donors (Lipinski definition) is 0. The maximum atomic E-state index is 13.7. The predicted octanol–water partition coefficient (Wildman–Crippen LogP) is 9.02. The molecule has 0 unspecified atom stereocenters. The van der Waals surface area contributed by atoms with Gasteiger partial charge in [0, 0.05) is 6.07 Å². The van der Waals surface area contributed by atoms with Crippen LogP contribution in [0, 0.1) is 29.0 Å². The van der Waals surface area contributed by atoms with Gasteiger partial charge in [0.05, 0.1) is 17.7 Å². The zero-order chi connectivity index (χ0) is 26.3. The summed E-state index contributed by atoms with van der Waals surface area (Å²) in [6.07, 6.45) is 19.0. The topological polar surface area (TPSA) is 59.3 Å². The van der Waals surface area contributed by atoms with Crippen LogP contribution in [-0.4, -0.2) is 12.6 Å². The van der Waals surface area contributed by atoms with Crippen molar-refractivity contribution in [2.45, 2.75) is 96.8 Å². The predicted molar refractivity (Wildman–Crippen MR) is 145 cm³/mol. The highest BCUT2D eigenvalue weighted by molar-refractivity contribution is 5.91. The van der Waals surface area contributed by atoms with Crippen molar-refractivity contribution in [3.05, 3.63) is 59.4 Å². The van der Waals surface area contributed by atoms with E-state index in [1.54, 1.807) is 30.3 Å². The molecule has 1 aliphatic carbocycles. The van der Waals surface area contributed by atoms with Crippen LogP contribution in [0.4, 0.5) is 4.39 Å². The maximum Gasteiger partial charge on any atom is 0.343 e. The highest BCUT2D eigenvalue weighted by Crippen LogP contribution is 2.34. The van der Waals surface area contributed by atoms with Crippen molar-refractivity contribution in [3.63, 3.8) is 0 Å². The number of nitrogens with zero attached hydrogens (tertiary/aromatic N) is 1. The van der Waals surface area contributed by atoms with E-state index in [0.717, 1.165) is 30.1 Å². The average molecular weight is 508 g/mol. The molecule has 4 nitrogen and oxygen atoms in total. The first-order valence-electron chi connectivity index (χ1n) is 14.2. The van der Waals surface area contributed by atoms with Gasteiger partial charge in [0.2, 0.25) is 0 Å². The van der Waals surface area contributed by atoms with Crippen molar-refractivity contribution in [3.8, 4) is 17.6 Å². The van der Waals surface area contributed by atoms with Crippen molar-refractivity contribution in [1.82, 2.24) is 0 Å². The fraction of sp³-hybridized carbons (Fsp3) is 0.562. The van der Waals surface area contributed by atoms with E-state index in [4.69, 9.17) is 14.7 Å². The third-order valence-corrected chi connectivity index (χ3v) is 7.57. The van der Waals surface area contributed by atoms with Gasteiger partial charge in [0.25, 0.3) is 0 Å². The number of benzene rings is 2. The van der Waals surface area contributed by atoms with Crippen LogP contribution in [-0.2, 0) is 0 Å². The SMILES string of the molecule is CCCCCCCCCC1CCC(CCCOc2ccc(C(=O)Oc3ccc(C#N)c(F)c3)cc2)CC1. The molecule has 1 aliphatic rings. The van der Waals surface area contributed by atoms with Gasteiger partial charge in [-0.05, 0) is 61.1 Å². The second kappa shape index (κ2) is 16.1. The molecular weight excluding hydrogens is 465 g/mol. The molecule has 0 N–H and O–H groups in total. The number of hydrogen-bond acceptors (Lipinski definition) is 4. The summed E-state index contributed by atoms with van der Waals surface area (Å²) in [6.45, 7) is 2.95. The minimum atomic E-state index is -0.715.